The summed E-state index contributed by atoms with van der Waals surface area (Å²) in [7, 11) is 0. The van der Waals surface area contributed by atoms with E-state index in [0.717, 1.165) is 0 Å². The summed E-state index contributed by atoms with van der Waals surface area (Å²) in [4.78, 5) is 9.70. The minimum absolute atomic E-state index is 0.200. The van der Waals surface area contributed by atoms with Crippen molar-refractivity contribution in [1.29, 1.82) is 0 Å². The zero-order valence-electron chi connectivity index (χ0n) is 7.56. The topological polar surface area (TPSA) is 82.3 Å². The molecule has 0 aliphatic heterocycles. The van der Waals surface area contributed by atoms with Crippen LogP contribution in [0.5, 0.6) is 0 Å². The Morgan fingerprint density at radius 2 is 2.15 bits per heavy atom. The monoisotopic (exact) mass is 184 g/mol. The average Bonchev–Trinajstić information content (AvgIpc) is 2.50. The second-order valence-electron chi connectivity index (χ2n) is 3.20. The smallest absolute Gasteiger partial charge is 0.404 e. The fourth-order valence-electron chi connectivity index (χ4n) is 0.948. The fraction of sp³-hybridized carbons (Fsp3) is 0.500. The Kier molecular flexibility index (Phi) is 2.67. The third-order valence-electron chi connectivity index (χ3n) is 1.84. The van der Waals surface area contributed by atoms with Crippen molar-refractivity contribution in [3.63, 3.8) is 0 Å². The molecule has 2 N–H and O–H groups in total. The van der Waals surface area contributed by atoms with Gasteiger partial charge in [-0.2, -0.15) is 0 Å². The summed E-state index contributed by atoms with van der Waals surface area (Å²) in [6.07, 6.45) is 0. The summed E-state index contributed by atoms with van der Waals surface area (Å²) in [5.74, 6) is 0.401. The lowest BCUT2D eigenvalue weighted by molar-refractivity contribution is -0.402. The second kappa shape index (κ2) is 3.57. The van der Waals surface area contributed by atoms with Crippen LogP contribution in [0.2, 0.25) is 0 Å². The molecule has 1 aromatic heterocycles. The molecule has 0 saturated carbocycles. The van der Waals surface area contributed by atoms with Gasteiger partial charge in [-0.25, -0.2) is 0 Å². The molecule has 5 nitrogen and oxygen atoms in total. The molecule has 0 radical (unpaired) electrons. The SMILES string of the molecule is CC(C)C(N)c1ccc([N+](=O)[O-])o1. The fourth-order valence-corrected chi connectivity index (χ4v) is 0.948. The molecule has 0 aliphatic rings. The Morgan fingerprint density at radius 3 is 2.54 bits per heavy atom. The number of nitrogens with zero attached hydrogens (tertiary/aromatic N) is 1. The van der Waals surface area contributed by atoms with Gasteiger partial charge >= 0.3 is 5.88 Å². The van der Waals surface area contributed by atoms with Crippen molar-refractivity contribution in [1.82, 2.24) is 0 Å². The van der Waals surface area contributed by atoms with Crippen molar-refractivity contribution in [2.45, 2.75) is 19.9 Å². The summed E-state index contributed by atoms with van der Waals surface area (Å²) in [5, 5.41) is 10.3. The first-order valence-corrected chi connectivity index (χ1v) is 4.02. The molecule has 72 valence electrons. The molecule has 1 unspecified atom stereocenters. The van der Waals surface area contributed by atoms with Crippen LogP contribution in [-0.4, -0.2) is 4.92 Å². The Bertz CT molecular complexity index is 306. The van der Waals surface area contributed by atoms with E-state index in [1.165, 1.54) is 6.07 Å². The Labute approximate surface area is 75.7 Å². The lowest BCUT2D eigenvalue weighted by Crippen LogP contribution is -2.15. The van der Waals surface area contributed by atoms with Crippen molar-refractivity contribution in [3.8, 4) is 0 Å². The highest BCUT2D eigenvalue weighted by Gasteiger charge is 2.18. The molecule has 5 heteroatoms. The maximum atomic E-state index is 10.3. The molecule has 0 bridgehead atoms. The highest BCUT2D eigenvalue weighted by molar-refractivity contribution is 5.19. The van der Waals surface area contributed by atoms with E-state index in [1.807, 2.05) is 13.8 Å². The van der Waals surface area contributed by atoms with E-state index in [-0.39, 0.29) is 17.8 Å². The van der Waals surface area contributed by atoms with Crippen LogP contribution in [0.3, 0.4) is 0 Å². The van der Waals surface area contributed by atoms with E-state index in [0.29, 0.717) is 5.76 Å². The lowest BCUT2D eigenvalue weighted by Gasteiger charge is -2.11. The van der Waals surface area contributed by atoms with E-state index < -0.39 is 4.92 Å². The maximum Gasteiger partial charge on any atom is 0.433 e. The van der Waals surface area contributed by atoms with E-state index in [4.69, 9.17) is 10.2 Å². The number of hydrogen-bond acceptors (Lipinski definition) is 4. The third kappa shape index (κ3) is 2.06. The van der Waals surface area contributed by atoms with Crippen molar-refractivity contribution >= 4 is 5.88 Å². The van der Waals surface area contributed by atoms with Gasteiger partial charge in [0.15, 0.2) is 0 Å². The zero-order chi connectivity index (χ0) is 10.0. The molecule has 1 aromatic rings. The van der Waals surface area contributed by atoms with Gasteiger partial charge in [-0.05, 0) is 12.0 Å². The largest absolute Gasteiger partial charge is 0.433 e. The van der Waals surface area contributed by atoms with Crippen molar-refractivity contribution in [3.05, 3.63) is 28.0 Å². The van der Waals surface area contributed by atoms with Crippen molar-refractivity contribution < 1.29 is 9.34 Å². The molecule has 0 spiro atoms. The summed E-state index contributed by atoms with van der Waals surface area (Å²) in [5.41, 5.74) is 5.73. The molecule has 0 amide bonds. The minimum atomic E-state index is -0.573. The molecule has 13 heavy (non-hydrogen) atoms. The molecule has 0 fully saturated rings. The van der Waals surface area contributed by atoms with Gasteiger partial charge in [0, 0.05) is 0 Å². The van der Waals surface area contributed by atoms with Gasteiger partial charge in [0.1, 0.15) is 10.7 Å². The normalized spacial score (nSPS) is 13.2. The molecule has 1 heterocycles. The van der Waals surface area contributed by atoms with Gasteiger partial charge in [0.25, 0.3) is 0 Å². The number of nitro groups is 1. The van der Waals surface area contributed by atoms with Crippen LogP contribution in [0.25, 0.3) is 0 Å². The van der Waals surface area contributed by atoms with Crippen LogP contribution in [0.1, 0.15) is 25.6 Å². The van der Waals surface area contributed by atoms with Gasteiger partial charge in [0.05, 0.1) is 12.1 Å². The lowest BCUT2D eigenvalue weighted by atomic mass is 10.0. The minimum Gasteiger partial charge on any atom is -0.404 e. The Hall–Kier alpha value is -1.36. The molecule has 0 aromatic carbocycles. The van der Waals surface area contributed by atoms with Crippen LogP contribution < -0.4 is 5.73 Å². The standard InChI is InChI=1S/C8H12N2O3/c1-5(2)8(9)6-3-4-7(13-6)10(11)12/h3-5,8H,9H2,1-2H3. The number of nitrogens with two attached hydrogens (primary N) is 1. The van der Waals surface area contributed by atoms with Crippen LogP contribution >= 0.6 is 0 Å². The molecule has 1 rings (SSSR count). The predicted octanol–water partition coefficient (Wildman–Crippen LogP) is 1.84. The first-order chi connectivity index (χ1) is 6.02. The van der Waals surface area contributed by atoms with Crippen molar-refractivity contribution in [2.75, 3.05) is 0 Å². The number of rotatable bonds is 3. The summed E-state index contributed by atoms with van der Waals surface area (Å²) in [6, 6.07) is 2.58. The molecule has 1 atom stereocenters. The summed E-state index contributed by atoms with van der Waals surface area (Å²) >= 11 is 0. The molecular weight excluding hydrogens is 172 g/mol. The van der Waals surface area contributed by atoms with E-state index in [2.05, 4.69) is 0 Å². The predicted molar refractivity (Wildman–Crippen MR) is 47.1 cm³/mol. The molecule has 0 saturated heterocycles. The van der Waals surface area contributed by atoms with Crippen LogP contribution in [-0.2, 0) is 0 Å². The first-order valence-electron chi connectivity index (χ1n) is 4.02. The maximum absolute atomic E-state index is 10.3. The second-order valence-corrected chi connectivity index (χ2v) is 3.20. The summed E-state index contributed by atoms with van der Waals surface area (Å²) in [6.45, 7) is 3.86. The number of furan rings is 1. The summed E-state index contributed by atoms with van der Waals surface area (Å²) < 4.78 is 4.94. The highest BCUT2D eigenvalue weighted by Crippen LogP contribution is 2.24. The Morgan fingerprint density at radius 1 is 1.54 bits per heavy atom. The van der Waals surface area contributed by atoms with Gasteiger partial charge in [0.2, 0.25) is 0 Å². The molecular formula is C8H12N2O3. The molecule has 0 aliphatic carbocycles. The van der Waals surface area contributed by atoms with E-state index >= 15 is 0 Å². The highest BCUT2D eigenvalue weighted by atomic mass is 16.6. The van der Waals surface area contributed by atoms with Gasteiger partial charge in [-0.1, -0.05) is 13.8 Å². The van der Waals surface area contributed by atoms with Gasteiger partial charge in [-0.3, -0.25) is 10.1 Å². The van der Waals surface area contributed by atoms with Crippen LogP contribution in [0.15, 0.2) is 16.5 Å². The average molecular weight is 184 g/mol. The quantitative estimate of drug-likeness (QED) is 0.574. The van der Waals surface area contributed by atoms with Crippen molar-refractivity contribution in [2.24, 2.45) is 11.7 Å². The van der Waals surface area contributed by atoms with Crippen LogP contribution in [0.4, 0.5) is 5.88 Å². The van der Waals surface area contributed by atoms with Crippen LogP contribution in [0, 0.1) is 16.0 Å². The van der Waals surface area contributed by atoms with Gasteiger partial charge < -0.3 is 10.2 Å². The third-order valence-corrected chi connectivity index (χ3v) is 1.84. The Balaban J connectivity index is 2.85. The first kappa shape index (κ1) is 9.73. The zero-order valence-corrected chi connectivity index (χ0v) is 7.56. The van der Waals surface area contributed by atoms with E-state index in [1.54, 1.807) is 6.07 Å². The number of hydrogen-bond donors (Lipinski definition) is 1. The van der Waals surface area contributed by atoms with Gasteiger partial charge in [-0.15, -0.1) is 0 Å². The van der Waals surface area contributed by atoms with E-state index in [9.17, 15) is 10.1 Å².